The van der Waals surface area contributed by atoms with Crippen molar-refractivity contribution in [3.63, 3.8) is 0 Å². The maximum atomic E-state index is 13.8. The quantitative estimate of drug-likeness (QED) is 0.751. The molecule has 1 heterocycles. The zero-order valence-corrected chi connectivity index (χ0v) is 13.8. The number of nitrogens with one attached hydrogen (secondary N) is 1. The van der Waals surface area contributed by atoms with E-state index in [1.165, 1.54) is 6.07 Å². The number of hydrogen-bond donors (Lipinski definition) is 1. The summed E-state index contributed by atoms with van der Waals surface area (Å²) in [6.07, 6.45) is 0.200. The SMILES string of the molecule is Cc1noc(Cc2ccccc2NS(=O)(=O)c2ccc(F)cc2F)n1. The van der Waals surface area contributed by atoms with Crippen LogP contribution in [0.4, 0.5) is 14.5 Å². The number of rotatable bonds is 5. The molecular formula is C16H13F2N3O3S. The fourth-order valence-corrected chi connectivity index (χ4v) is 3.40. The minimum Gasteiger partial charge on any atom is -0.339 e. The van der Waals surface area contributed by atoms with Crippen LogP contribution in [0.15, 0.2) is 51.9 Å². The molecule has 9 heteroatoms. The van der Waals surface area contributed by atoms with Gasteiger partial charge < -0.3 is 4.52 Å². The largest absolute Gasteiger partial charge is 0.339 e. The molecular weight excluding hydrogens is 352 g/mol. The second-order valence-corrected chi connectivity index (χ2v) is 6.90. The molecule has 1 aromatic heterocycles. The topological polar surface area (TPSA) is 85.1 Å². The molecule has 130 valence electrons. The van der Waals surface area contributed by atoms with E-state index in [4.69, 9.17) is 4.52 Å². The molecule has 3 aromatic rings. The minimum atomic E-state index is -4.23. The number of halogens is 2. The van der Waals surface area contributed by atoms with Crippen molar-refractivity contribution < 1.29 is 21.7 Å². The van der Waals surface area contributed by atoms with E-state index in [2.05, 4.69) is 14.9 Å². The molecule has 0 bridgehead atoms. The monoisotopic (exact) mass is 365 g/mol. The minimum absolute atomic E-state index is 0.200. The van der Waals surface area contributed by atoms with Crippen molar-refractivity contribution in [1.82, 2.24) is 10.1 Å². The fraction of sp³-hybridized carbons (Fsp3) is 0.125. The van der Waals surface area contributed by atoms with Crippen molar-refractivity contribution in [2.24, 2.45) is 0 Å². The molecule has 0 aliphatic rings. The maximum absolute atomic E-state index is 13.8. The summed E-state index contributed by atoms with van der Waals surface area (Å²) in [5.41, 5.74) is 0.805. The summed E-state index contributed by atoms with van der Waals surface area (Å²) >= 11 is 0. The Bertz CT molecular complexity index is 1020. The molecule has 0 spiro atoms. The zero-order valence-electron chi connectivity index (χ0n) is 13.0. The highest BCUT2D eigenvalue weighted by molar-refractivity contribution is 7.92. The zero-order chi connectivity index (χ0) is 18.0. The third kappa shape index (κ3) is 3.82. The van der Waals surface area contributed by atoms with Gasteiger partial charge in [-0.15, -0.1) is 0 Å². The summed E-state index contributed by atoms with van der Waals surface area (Å²) in [4.78, 5) is 3.43. The van der Waals surface area contributed by atoms with Crippen LogP contribution in [0.2, 0.25) is 0 Å². The number of para-hydroxylation sites is 1. The van der Waals surface area contributed by atoms with Crippen molar-refractivity contribution in [2.75, 3.05) is 4.72 Å². The first kappa shape index (κ1) is 17.0. The molecule has 1 N–H and O–H groups in total. The lowest BCUT2D eigenvalue weighted by molar-refractivity contribution is 0.381. The first-order valence-electron chi connectivity index (χ1n) is 7.20. The van der Waals surface area contributed by atoms with Crippen molar-refractivity contribution in [2.45, 2.75) is 18.2 Å². The highest BCUT2D eigenvalue weighted by atomic mass is 32.2. The van der Waals surface area contributed by atoms with E-state index in [0.29, 0.717) is 23.3 Å². The third-order valence-corrected chi connectivity index (χ3v) is 4.76. The number of benzene rings is 2. The van der Waals surface area contributed by atoms with Crippen molar-refractivity contribution in [3.05, 3.63) is 71.4 Å². The van der Waals surface area contributed by atoms with Crippen LogP contribution in [0.5, 0.6) is 0 Å². The first-order chi connectivity index (χ1) is 11.8. The van der Waals surface area contributed by atoms with Gasteiger partial charge in [0.2, 0.25) is 5.89 Å². The third-order valence-electron chi connectivity index (χ3n) is 3.36. The molecule has 0 radical (unpaired) electrons. The highest BCUT2D eigenvalue weighted by Crippen LogP contribution is 2.24. The van der Waals surface area contributed by atoms with Crippen LogP contribution < -0.4 is 4.72 Å². The van der Waals surface area contributed by atoms with E-state index in [-0.39, 0.29) is 12.1 Å². The van der Waals surface area contributed by atoms with Crippen LogP contribution in [0.1, 0.15) is 17.3 Å². The van der Waals surface area contributed by atoms with Crippen molar-refractivity contribution in [1.29, 1.82) is 0 Å². The van der Waals surface area contributed by atoms with Gasteiger partial charge in [0.15, 0.2) is 5.82 Å². The Kier molecular flexibility index (Phi) is 4.49. The highest BCUT2D eigenvalue weighted by Gasteiger charge is 2.21. The summed E-state index contributed by atoms with van der Waals surface area (Å²) in [7, 11) is -4.23. The molecule has 0 amide bonds. The van der Waals surface area contributed by atoms with Crippen LogP contribution in [-0.2, 0) is 16.4 Å². The Morgan fingerprint density at radius 3 is 2.60 bits per heavy atom. The maximum Gasteiger partial charge on any atom is 0.264 e. The normalized spacial score (nSPS) is 11.5. The molecule has 6 nitrogen and oxygen atoms in total. The van der Waals surface area contributed by atoms with Crippen molar-refractivity contribution in [3.8, 4) is 0 Å². The Hall–Kier alpha value is -2.81. The summed E-state index contributed by atoms with van der Waals surface area (Å²) in [5.74, 6) is -1.25. The van der Waals surface area contributed by atoms with Gasteiger partial charge in [0.25, 0.3) is 10.0 Å². The number of hydrogen-bond acceptors (Lipinski definition) is 5. The second-order valence-electron chi connectivity index (χ2n) is 5.25. The molecule has 3 rings (SSSR count). The molecule has 25 heavy (non-hydrogen) atoms. The number of nitrogens with zero attached hydrogens (tertiary/aromatic N) is 2. The van der Waals surface area contributed by atoms with Gasteiger partial charge in [0, 0.05) is 6.07 Å². The Labute approximate surface area is 142 Å². The van der Waals surface area contributed by atoms with Gasteiger partial charge in [-0.2, -0.15) is 4.98 Å². The van der Waals surface area contributed by atoms with Gasteiger partial charge >= 0.3 is 0 Å². The van der Waals surface area contributed by atoms with E-state index in [0.717, 1.165) is 12.1 Å². The smallest absolute Gasteiger partial charge is 0.264 e. The molecule has 0 atom stereocenters. The van der Waals surface area contributed by atoms with Gasteiger partial charge in [-0.25, -0.2) is 17.2 Å². The molecule has 0 saturated heterocycles. The molecule has 2 aromatic carbocycles. The predicted octanol–water partition coefficient (Wildman–Crippen LogP) is 3.05. The summed E-state index contributed by atoms with van der Waals surface area (Å²) in [5, 5.41) is 3.67. The van der Waals surface area contributed by atoms with Gasteiger partial charge in [0.05, 0.1) is 12.1 Å². The average Bonchev–Trinajstić information content (AvgIpc) is 2.93. The number of aromatic nitrogens is 2. The lowest BCUT2D eigenvalue weighted by Gasteiger charge is -2.12. The molecule has 0 saturated carbocycles. The lowest BCUT2D eigenvalue weighted by Crippen LogP contribution is -2.16. The number of aryl methyl sites for hydroxylation is 1. The molecule has 0 unspecified atom stereocenters. The standard InChI is InChI=1S/C16H13F2N3O3S/c1-10-19-16(24-20-10)8-11-4-2-3-5-14(11)21-25(22,23)15-7-6-12(17)9-13(15)18/h2-7,9,21H,8H2,1H3. The second kappa shape index (κ2) is 6.60. The molecule has 0 fully saturated rings. The average molecular weight is 365 g/mol. The summed E-state index contributed by atoms with van der Waals surface area (Å²) in [6, 6.07) is 8.82. The van der Waals surface area contributed by atoms with Gasteiger partial charge in [-0.3, -0.25) is 4.72 Å². The van der Waals surface area contributed by atoms with Gasteiger partial charge in [0.1, 0.15) is 16.5 Å². The first-order valence-corrected chi connectivity index (χ1v) is 8.68. The Morgan fingerprint density at radius 2 is 1.92 bits per heavy atom. The van der Waals surface area contributed by atoms with E-state index in [1.807, 2.05) is 0 Å². The molecule has 0 aliphatic heterocycles. The van der Waals surface area contributed by atoms with Gasteiger partial charge in [-0.05, 0) is 30.7 Å². The Balaban J connectivity index is 1.92. The molecule has 0 aliphatic carbocycles. The predicted molar refractivity (Wildman–Crippen MR) is 85.4 cm³/mol. The van der Waals surface area contributed by atoms with E-state index in [9.17, 15) is 17.2 Å². The number of anilines is 1. The van der Waals surface area contributed by atoms with Crippen LogP contribution in [-0.4, -0.2) is 18.6 Å². The number of sulfonamides is 1. The van der Waals surface area contributed by atoms with Crippen LogP contribution in [0.3, 0.4) is 0 Å². The van der Waals surface area contributed by atoms with E-state index < -0.39 is 26.6 Å². The van der Waals surface area contributed by atoms with Crippen LogP contribution >= 0.6 is 0 Å². The summed E-state index contributed by atoms with van der Waals surface area (Å²) < 4.78 is 59.0. The fourth-order valence-electron chi connectivity index (χ4n) is 2.24. The van der Waals surface area contributed by atoms with E-state index in [1.54, 1.807) is 25.1 Å². The Morgan fingerprint density at radius 1 is 1.16 bits per heavy atom. The van der Waals surface area contributed by atoms with E-state index >= 15 is 0 Å². The summed E-state index contributed by atoms with van der Waals surface area (Å²) in [6.45, 7) is 1.67. The lowest BCUT2D eigenvalue weighted by atomic mass is 10.1. The van der Waals surface area contributed by atoms with Crippen LogP contribution in [0, 0.1) is 18.6 Å². The van der Waals surface area contributed by atoms with Crippen molar-refractivity contribution >= 4 is 15.7 Å². The van der Waals surface area contributed by atoms with Crippen LogP contribution in [0.25, 0.3) is 0 Å². The van der Waals surface area contributed by atoms with Gasteiger partial charge in [-0.1, -0.05) is 23.4 Å².